The summed E-state index contributed by atoms with van der Waals surface area (Å²) in [6, 6.07) is 4.94. The Morgan fingerprint density at radius 1 is 1.50 bits per heavy atom. The number of hydrogen-bond donors (Lipinski definition) is 1. The minimum atomic E-state index is -0.826. The van der Waals surface area contributed by atoms with Crippen molar-refractivity contribution >= 4 is 23.2 Å². The van der Waals surface area contributed by atoms with Crippen molar-refractivity contribution in [3.63, 3.8) is 0 Å². The molecule has 1 N–H and O–H groups in total. The third kappa shape index (κ3) is 2.57. The van der Waals surface area contributed by atoms with Crippen molar-refractivity contribution in [1.82, 2.24) is 0 Å². The average molecular weight is 262 g/mol. The molecular formula is C13H10O4S. The molecule has 0 radical (unpaired) electrons. The van der Waals surface area contributed by atoms with E-state index in [0.29, 0.717) is 0 Å². The van der Waals surface area contributed by atoms with Gasteiger partial charge in [-0.1, -0.05) is 6.07 Å². The third-order valence-corrected chi connectivity index (χ3v) is 3.08. The van der Waals surface area contributed by atoms with E-state index in [-0.39, 0.29) is 17.1 Å². The van der Waals surface area contributed by atoms with E-state index in [1.54, 1.807) is 6.08 Å². The molecular weight excluding hydrogens is 252 g/mol. The largest absolute Gasteiger partial charge is 0.507 e. The van der Waals surface area contributed by atoms with Gasteiger partial charge in [-0.3, -0.25) is 4.79 Å². The van der Waals surface area contributed by atoms with E-state index >= 15 is 0 Å². The normalized spacial score (nSPS) is 10.9. The summed E-state index contributed by atoms with van der Waals surface area (Å²) in [7, 11) is 0. The molecule has 2 aromatic heterocycles. The zero-order valence-corrected chi connectivity index (χ0v) is 10.4. The lowest BCUT2D eigenvalue weighted by Gasteiger charge is -1.99. The molecule has 0 unspecified atom stereocenters. The summed E-state index contributed by atoms with van der Waals surface area (Å²) in [5.74, 6) is -0.671. The SMILES string of the molecule is Cc1cc(O)c(C(=O)C=Cc2cccs2)c(=O)o1. The highest BCUT2D eigenvalue weighted by Crippen LogP contribution is 2.16. The van der Waals surface area contributed by atoms with Gasteiger partial charge in [0.1, 0.15) is 17.1 Å². The molecule has 2 rings (SSSR count). The molecule has 18 heavy (non-hydrogen) atoms. The Bertz CT molecular complexity index is 650. The second-order valence-corrected chi connectivity index (χ2v) is 4.60. The Labute approximate surface area is 107 Å². The fourth-order valence-electron chi connectivity index (χ4n) is 1.45. The maximum atomic E-state index is 11.8. The number of carbonyl (C=O) groups is 1. The minimum Gasteiger partial charge on any atom is -0.507 e. The first-order chi connectivity index (χ1) is 8.58. The molecule has 0 aliphatic rings. The highest BCUT2D eigenvalue weighted by molar-refractivity contribution is 7.10. The van der Waals surface area contributed by atoms with E-state index in [2.05, 4.69) is 0 Å². The third-order valence-electron chi connectivity index (χ3n) is 2.24. The van der Waals surface area contributed by atoms with Gasteiger partial charge in [0.15, 0.2) is 5.78 Å². The predicted molar refractivity (Wildman–Crippen MR) is 69.1 cm³/mol. The molecule has 0 atom stereocenters. The van der Waals surface area contributed by atoms with E-state index in [1.807, 2.05) is 17.5 Å². The molecule has 2 aromatic rings. The van der Waals surface area contributed by atoms with Gasteiger partial charge in [0.2, 0.25) is 0 Å². The van der Waals surface area contributed by atoms with Crippen LogP contribution in [-0.2, 0) is 0 Å². The molecule has 0 aromatic carbocycles. The highest BCUT2D eigenvalue weighted by atomic mass is 32.1. The van der Waals surface area contributed by atoms with Crippen LogP contribution in [0.25, 0.3) is 6.08 Å². The number of allylic oxidation sites excluding steroid dienone is 1. The maximum absolute atomic E-state index is 11.8. The van der Waals surface area contributed by atoms with Crippen LogP contribution in [0.1, 0.15) is 21.0 Å². The van der Waals surface area contributed by atoms with Crippen molar-refractivity contribution in [2.75, 3.05) is 0 Å². The number of aryl methyl sites for hydroxylation is 1. The van der Waals surface area contributed by atoms with Gasteiger partial charge >= 0.3 is 5.63 Å². The lowest BCUT2D eigenvalue weighted by Crippen LogP contribution is -2.12. The molecule has 0 aliphatic heterocycles. The minimum absolute atomic E-state index is 0.260. The molecule has 0 spiro atoms. The quantitative estimate of drug-likeness (QED) is 0.682. The van der Waals surface area contributed by atoms with Gasteiger partial charge in [-0.15, -0.1) is 11.3 Å². The zero-order chi connectivity index (χ0) is 13.1. The molecule has 0 fully saturated rings. The average Bonchev–Trinajstić information content (AvgIpc) is 2.77. The Morgan fingerprint density at radius 2 is 2.28 bits per heavy atom. The van der Waals surface area contributed by atoms with Crippen molar-refractivity contribution in [3.05, 3.63) is 56.3 Å². The first-order valence-corrected chi connectivity index (χ1v) is 6.05. The van der Waals surface area contributed by atoms with Crippen LogP contribution in [0.15, 0.2) is 38.9 Å². The number of thiophene rings is 1. The number of ketones is 1. The van der Waals surface area contributed by atoms with Crippen LogP contribution in [0.3, 0.4) is 0 Å². The van der Waals surface area contributed by atoms with Crippen LogP contribution in [0, 0.1) is 6.92 Å². The van der Waals surface area contributed by atoms with E-state index in [4.69, 9.17) is 4.42 Å². The van der Waals surface area contributed by atoms with E-state index in [1.165, 1.54) is 30.4 Å². The van der Waals surface area contributed by atoms with Gasteiger partial charge in [-0.25, -0.2) is 4.79 Å². The van der Waals surface area contributed by atoms with Crippen molar-refractivity contribution in [1.29, 1.82) is 0 Å². The van der Waals surface area contributed by atoms with Crippen LogP contribution in [0.2, 0.25) is 0 Å². The molecule has 2 heterocycles. The maximum Gasteiger partial charge on any atom is 0.351 e. The van der Waals surface area contributed by atoms with Crippen molar-refractivity contribution in [3.8, 4) is 5.75 Å². The molecule has 5 heteroatoms. The summed E-state index contributed by atoms with van der Waals surface area (Å²) in [6.45, 7) is 1.52. The van der Waals surface area contributed by atoms with Crippen LogP contribution >= 0.6 is 11.3 Å². The summed E-state index contributed by atoms with van der Waals surface area (Å²) >= 11 is 1.47. The summed E-state index contributed by atoms with van der Waals surface area (Å²) in [5.41, 5.74) is -1.17. The Kier molecular flexibility index (Phi) is 3.43. The van der Waals surface area contributed by atoms with Gasteiger partial charge in [0, 0.05) is 10.9 Å². The fourth-order valence-corrected chi connectivity index (χ4v) is 2.07. The Hall–Kier alpha value is -2.14. The van der Waals surface area contributed by atoms with Gasteiger partial charge in [0.25, 0.3) is 0 Å². The summed E-state index contributed by atoms with van der Waals surface area (Å²) in [4.78, 5) is 24.2. The lowest BCUT2D eigenvalue weighted by atomic mass is 10.1. The van der Waals surface area contributed by atoms with Gasteiger partial charge in [-0.05, 0) is 30.5 Å². The summed E-state index contributed by atoms with van der Waals surface area (Å²) in [6.07, 6.45) is 2.83. The number of aromatic hydroxyl groups is 1. The topological polar surface area (TPSA) is 67.5 Å². The fraction of sp³-hybridized carbons (Fsp3) is 0.0769. The van der Waals surface area contributed by atoms with Crippen LogP contribution in [0.4, 0.5) is 0 Å². The molecule has 0 bridgehead atoms. The van der Waals surface area contributed by atoms with Crippen LogP contribution in [0.5, 0.6) is 5.75 Å². The summed E-state index contributed by atoms with van der Waals surface area (Å²) in [5, 5.41) is 11.5. The Balaban J connectivity index is 2.33. The first-order valence-electron chi connectivity index (χ1n) is 5.17. The summed E-state index contributed by atoms with van der Waals surface area (Å²) < 4.78 is 4.78. The van der Waals surface area contributed by atoms with Crippen molar-refractivity contribution in [2.45, 2.75) is 6.92 Å². The van der Waals surface area contributed by atoms with E-state index in [9.17, 15) is 14.7 Å². The van der Waals surface area contributed by atoms with E-state index in [0.717, 1.165) is 4.88 Å². The zero-order valence-electron chi connectivity index (χ0n) is 9.54. The molecule has 4 nitrogen and oxygen atoms in total. The van der Waals surface area contributed by atoms with Crippen molar-refractivity contribution < 1.29 is 14.3 Å². The monoisotopic (exact) mass is 262 g/mol. The van der Waals surface area contributed by atoms with E-state index < -0.39 is 11.4 Å². The molecule has 0 saturated heterocycles. The number of rotatable bonds is 3. The molecule has 0 amide bonds. The van der Waals surface area contributed by atoms with Crippen molar-refractivity contribution in [2.24, 2.45) is 0 Å². The smallest absolute Gasteiger partial charge is 0.351 e. The van der Waals surface area contributed by atoms with Crippen LogP contribution < -0.4 is 5.63 Å². The molecule has 0 saturated carbocycles. The lowest BCUT2D eigenvalue weighted by molar-refractivity contribution is 0.104. The molecule has 92 valence electrons. The first kappa shape index (κ1) is 12.3. The van der Waals surface area contributed by atoms with Gasteiger partial charge in [-0.2, -0.15) is 0 Å². The van der Waals surface area contributed by atoms with Crippen LogP contribution in [-0.4, -0.2) is 10.9 Å². The highest BCUT2D eigenvalue weighted by Gasteiger charge is 2.15. The Morgan fingerprint density at radius 3 is 2.89 bits per heavy atom. The second-order valence-electron chi connectivity index (χ2n) is 3.62. The number of hydrogen-bond acceptors (Lipinski definition) is 5. The molecule has 0 aliphatic carbocycles. The second kappa shape index (κ2) is 5.01. The van der Waals surface area contributed by atoms with Gasteiger partial charge in [0.05, 0.1) is 0 Å². The number of carbonyl (C=O) groups excluding carboxylic acids is 1. The predicted octanol–water partition coefficient (Wildman–Crippen LogP) is 2.61. The van der Waals surface area contributed by atoms with Gasteiger partial charge < -0.3 is 9.52 Å². The standard InChI is InChI=1S/C13H10O4S/c1-8-7-11(15)12(13(16)17-8)10(14)5-4-9-3-2-6-18-9/h2-7,15H,1H3.